The number of amides is 2. The Bertz CT molecular complexity index is 867. The van der Waals surface area contributed by atoms with Gasteiger partial charge in [0.25, 0.3) is 0 Å². The Morgan fingerprint density at radius 1 is 1.45 bits per heavy atom. The molecule has 1 aromatic carbocycles. The van der Waals surface area contributed by atoms with Crippen molar-refractivity contribution in [3.63, 3.8) is 0 Å². The van der Waals surface area contributed by atoms with Gasteiger partial charge in [0, 0.05) is 56.2 Å². The Hall–Kier alpha value is -2.45. The first-order chi connectivity index (χ1) is 13.9. The van der Waals surface area contributed by atoms with Gasteiger partial charge in [-0.2, -0.15) is 0 Å². The van der Waals surface area contributed by atoms with E-state index in [4.69, 9.17) is 11.6 Å². The van der Waals surface area contributed by atoms with E-state index in [1.165, 1.54) is 6.07 Å². The standard InChI is InChI=1S/C20H25ClFN5O2/c1-3-26-9-7-23-18(26)13-25(2)19(28)11-17-20(29)24-8-10-27(17)12-14-15(21)5-4-6-16(14)22/h4-7,9,17H,3,8,10-13H2,1-2H3,(H,24,29)/t17-/m0/s1. The Morgan fingerprint density at radius 3 is 2.97 bits per heavy atom. The molecule has 0 saturated carbocycles. The molecule has 1 aromatic heterocycles. The number of imidazole rings is 1. The minimum Gasteiger partial charge on any atom is -0.353 e. The number of benzene rings is 1. The second-order valence-corrected chi connectivity index (χ2v) is 7.47. The summed E-state index contributed by atoms with van der Waals surface area (Å²) in [4.78, 5) is 32.9. The molecule has 1 saturated heterocycles. The molecule has 0 unspecified atom stereocenters. The van der Waals surface area contributed by atoms with Gasteiger partial charge in [-0.15, -0.1) is 0 Å². The summed E-state index contributed by atoms with van der Waals surface area (Å²) in [5, 5.41) is 3.10. The highest BCUT2D eigenvalue weighted by Gasteiger charge is 2.33. The van der Waals surface area contributed by atoms with Crippen LogP contribution in [0.1, 0.15) is 24.7 Å². The van der Waals surface area contributed by atoms with Crippen molar-refractivity contribution in [3.8, 4) is 0 Å². The molecule has 156 valence electrons. The normalized spacial score (nSPS) is 17.2. The van der Waals surface area contributed by atoms with Gasteiger partial charge in [-0.1, -0.05) is 17.7 Å². The van der Waals surface area contributed by atoms with Crippen LogP contribution in [0, 0.1) is 5.82 Å². The molecule has 2 aromatic rings. The van der Waals surface area contributed by atoms with Crippen LogP contribution in [0.3, 0.4) is 0 Å². The SMILES string of the molecule is CCn1ccnc1CN(C)C(=O)C[C@H]1C(=O)NCCN1Cc1c(F)cccc1Cl. The maximum absolute atomic E-state index is 14.2. The van der Waals surface area contributed by atoms with Crippen LogP contribution in [-0.4, -0.2) is 57.3 Å². The molecule has 1 atom stereocenters. The van der Waals surface area contributed by atoms with Gasteiger partial charge in [0.2, 0.25) is 11.8 Å². The fraction of sp³-hybridized carbons (Fsp3) is 0.450. The third-order valence-electron chi connectivity index (χ3n) is 5.18. The van der Waals surface area contributed by atoms with E-state index in [1.807, 2.05) is 22.6 Å². The highest BCUT2D eigenvalue weighted by molar-refractivity contribution is 6.31. The lowest BCUT2D eigenvalue weighted by Gasteiger charge is -2.35. The zero-order valence-corrected chi connectivity index (χ0v) is 17.3. The lowest BCUT2D eigenvalue weighted by Crippen LogP contribution is -2.56. The number of aryl methyl sites for hydroxylation is 1. The molecule has 2 amide bonds. The third-order valence-corrected chi connectivity index (χ3v) is 5.53. The number of hydrogen-bond acceptors (Lipinski definition) is 4. The predicted molar refractivity (Wildman–Crippen MR) is 108 cm³/mol. The number of piperazine rings is 1. The number of hydrogen-bond donors (Lipinski definition) is 1. The number of nitrogens with zero attached hydrogens (tertiary/aromatic N) is 4. The Morgan fingerprint density at radius 2 is 2.24 bits per heavy atom. The molecule has 0 radical (unpaired) electrons. The van der Waals surface area contributed by atoms with Crippen LogP contribution >= 0.6 is 11.6 Å². The Kier molecular flexibility index (Phi) is 6.87. The van der Waals surface area contributed by atoms with Crippen LogP contribution in [0.25, 0.3) is 0 Å². The number of halogens is 2. The van der Waals surface area contributed by atoms with Gasteiger partial charge in [-0.25, -0.2) is 9.37 Å². The number of rotatable bonds is 7. The Balaban J connectivity index is 1.70. The van der Waals surface area contributed by atoms with Crippen LogP contribution in [0.5, 0.6) is 0 Å². The lowest BCUT2D eigenvalue weighted by molar-refractivity contribution is -0.138. The first-order valence-corrected chi connectivity index (χ1v) is 9.97. The van der Waals surface area contributed by atoms with E-state index in [0.717, 1.165) is 12.4 Å². The average Bonchev–Trinajstić information content (AvgIpc) is 3.14. The number of carbonyl (C=O) groups excluding carboxylic acids is 2. The monoisotopic (exact) mass is 421 g/mol. The molecule has 1 aliphatic rings. The zero-order valence-electron chi connectivity index (χ0n) is 16.6. The summed E-state index contributed by atoms with van der Waals surface area (Å²) in [5.74, 6) is -0.0497. The summed E-state index contributed by atoms with van der Waals surface area (Å²) in [5.41, 5.74) is 0.333. The smallest absolute Gasteiger partial charge is 0.237 e. The van der Waals surface area contributed by atoms with Crippen molar-refractivity contribution in [2.75, 3.05) is 20.1 Å². The van der Waals surface area contributed by atoms with Crippen molar-refractivity contribution in [1.29, 1.82) is 0 Å². The maximum Gasteiger partial charge on any atom is 0.237 e. The minimum absolute atomic E-state index is 0.00123. The topological polar surface area (TPSA) is 70.5 Å². The molecule has 0 bridgehead atoms. The largest absolute Gasteiger partial charge is 0.353 e. The number of aromatic nitrogens is 2. The lowest BCUT2D eigenvalue weighted by atomic mass is 10.1. The molecule has 9 heteroatoms. The van der Waals surface area contributed by atoms with Gasteiger partial charge in [-0.05, 0) is 19.1 Å². The molecular weight excluding hydrogens is 397 g/mol. The van der Waals surface area contributed by atoms with Gasteiger partial charge in [0.1, 0.15) is 11.6 Å². The summed E-state index contributed by atoms with van der Waals surface area (Å²) >= 11 is 6.15. The van der Waals surface area contributed by atoms with E-state index in [1.54, 1.807) is 30.3 Å². The number of carbonyl (C=O) groups is 2. The highest BCUT2D eigenvalue weighted by atomic mass is 35.5. The van der Waals surface area contributed by atoms with Crippen molar-refractivity contribution >= 4 is 23.4 Å². The summed E-state index contributed by atoms with van der Waals surface area (Å²) < 4.78 is 16.2. The van der Waals surface area contributed by atoms with Crippen molar-refractivity contribution in [1.82, 2.24) is 24.7 Å². The van der Waals surface area contributed by atoms with Gasteiger partial charge in [0.05, 0.1) is 19.0 Å². The molecule has 3 rings (SSSR count). The van der Waals surface area contributed by atoms with Crippen molar-refractivity contribution in [3.05, 3.63) is 52.8 Å². The molecular formula is C20H25ClFN5O2. The highest BCUT2D eigenvalue weighted by Crippen LogP contribution is 2.23. The average molecular weight is 422 g/mol. The first kappa shape index (κ1) is 21.3. The maximum atomic E-state index is 14.2. The quantitative estimate of drug-likeness (QED) is 0.742. The molecule has 1 N–H and O–H groups in total. The van der Waals surface area contributed by atoms with E-state index >= 15 is 0 Å². The van der Waals surface area contributed by atoms with Gasteiger partial charge >= 0.3 is 0 Å². The van der Waals surface area contributed by atoms with Crippen LogP contribution in [0.15, 0.2) is 30.6 Å². The van der Waals surface area contributed by atoms with Crippen LogP contribution < -0.4 is 5.32 Å². The molecule has 2 heterocycles. The minimum atomic E-state index is -0.680. The molecule has 1 aliphatic heterocycles. The van der Waals surface area contributed by atoms with Gasteiger partial charge in [0.15, 0.2) is 0 Å². The van der Waals surface area contributed by atoms with Gasteiger partial charge in [-0.3, -0.25) is 14.5 Å². The molecule has 29 heavy (non-hydrogen) atoms. The van der Waals surface area contributed by atoms with Crippen LogP contribution in [-0.2, 0) is 29.2 Å². The zero-order chi connectivity index (χ0) is 21.0. The summed E-state index contributed by atoms with van der Waals surface area (Å²) in [6.07, 6.45) is 3.56. The van der Waals surface area contributed by atoms with E-state index in [-0.39, 0.29) is 24.8 Å². The third kappa shape index (κ3) is 4.94. The number of nitrogens with one attached hydrogen (secondary N) is 1. The fourth-order valence-electron chi connectivity index (χ4n) is 3.46. The van der Waals surface area contributed by atoms with Crippen molar-refractivity contribution < 1.29 is 14.0 Å². The predicted octanol–water partition coefficient (Wildman–Crippen LogP) is 2.04. The molecule has 7 nitrogen and oxygen atoms in total. The summed E-state index contributed by atoms with van der Waals surface area (Å²) in [6.45, 7) is 4.25. The first-order valence-electron chi connectivity index (χ1n) is 9.59. The van der Waals surface area contributed by atoms with E-state index in [0.29, 0.717) is 30.2 Å². The van der Waals surface area contributed by atoms with Crippen molar-refractivity contribution in [2.45, 2.75) is 39.0 Å². The molecule has 0 spiro atoms. The van der Waals surface area contributed by atoms with Crippen LogP contribution in [0.4, 0.5) is 4.39 Å². The molecule has 0 aliphatic carbocycles. The van der Waals surface area contributed by atoms with E-state index in [2.05, 4.69) is 10.3 Å². The molecule has 1 fully saturated rings. The summed E-state index contributed by atoms with van der Waals surface area (Å²) in [7, 11) is 1.69. The fourth-order valence-corrected chi connectivity index (χ4v) is 3.68. The second kappa shape index (κ2) is 9.37. The summed E-state index contributed by atoms with van der Waals surface area (Å²) in [6, 6.07) is 3.82. The van der Waals surface area contributed by atoms with Crippen LogP contribution in [0.2, 0.25) is 5.02 Å². The van der Waals surface area contributed by atoms with E-state index in [9.17, 15) is 14.0 Å². The van der Waals surface area contributed by atoms with Gasteiger partial charge < -0.3 is 14.8 Å². The van der Waals surface area contributed by atoms with E-state index < -0.39 is 11.9 Å². The Labute approximate surface area is 174 Å². The second-order valence-electron chi connectivity index (χ2n) is 7.06. The van der Waals surface area contributed by atoms with Crippen molar-refractivity contribution in [2.24, 2.45) is 0 Å².